The average molecular weight is 625 g/mol. The molecule has 34 heavy (non-hydrogen) atoms. The molecule has 2 N–H and O–H groups in total. The lowest BCUT2D eigenvalue weighted by atomic mass is 9.83. The summed E-state index contributed by atoms with van der Waals surface area (Å²) in [5, 5.41) is 10.9. The summed E-state index contributed by atoms with van der Waals surface area (Å²) >= 11 is 19.4. The predicted molar refractivity (Wildman–Crippen MR) is 134 cm³/mol. The van der Waals surface area contributed by atoms with Gasteiger partial charge in [0.2, 0.25) is 12.7 Å². The largest absolute Gasteiger partial charge is 0.486 e. The molecule has 3 aromatic carbocycles. The van der Waals surface area contributed by atoms with Crippen LogP contribution in [0, 0.1) is 11.3 Å². The summed E-state index contributed by atoms with van der Waals surface area (Å²) in [7, 11) is 0. The van der Waals surface area contributed by atoms with Gasteiger partial charge in [0.25, 0.3) is 0 Å². The van der Waals surface area contributed by atoms with Crippen molar-refractivity contribution < 1.29 is 18.9 Å². The Balaban J connectivity index is 1.52. The topological polar surface area (TPSA) is 86.7 Å². The zero-order chi connectivity index (χ0) is 24.0. The highest BCUT2D eigenvalue weighted by molar-refractivity contribution is 9.11. The fourth-order valence-corrected chi connectivity index (χ4v) is 5.78. The molecular formula is C24H14Br2Cl2N2O4. The Morgan fingerprint density at radius 2 is 1.74 bits per heavy atom. The summed E-state index contributed by atoms with van der Waals surface area (Å²) in [6.07, 6.45) is 0. The molecule has 0 saturated heterocycles. The Labute approximate surface area is 222 Å². The van der Waals surface area contributed by atoms with Crippen LogP contribution in [0.4, 0.5) is 0 Å². The van der Waals surface area contributed by atoms with Crippen molar-refractivity contribution in [1.82, 2.24) is 0 Å². The maximum Gasteiger partial charge on any atom is 0.231 e. The summed E-state index contributed by atoms with van der Waals surface area (Å²) in [5.74, 6) is 1.82. The molecule has 0 aliphatic carbocycles. The number of hydrogen-bond acceptors (Lipinski definition) is 6. The van der Waals surface area contributed by atoms with Crippen molar-refractivity contribution in [3.05, 3.63) is 89.6 Å². The number of benzene rings is 3. The van der Waals surface area contributed by atoms with E-state index in [1.54, 1.807) is 18.2 Å². The van der Waals surface area contributed by atoms with Crippen molar-refractivity contribution >= 4 is 55.1 Å². The minimum Gasteiger partial charge on any atom is -0.486 e. The van der Waals surface area contributed by atoms with E-state index in [2.05, 4.69) is 37.9 Å². The van der Waals surface area contributed by atoms with Gasteiger partial charge in [0.15, 0.2) is 11.5 Å². The summed E-state index contributed by atoms with van der Waals surface area (Å²) in [4.78, 5) is 0. The van der Waals surface area contributed by atoms with E-state index in [0.717, 1.165) is 16.7 Å². The van der Waals surface area contributed by atoms with Gasteiger partial charge in [0, 0.05) is 27.2 Å². The number of rotatable bonds is 4. The molecule has 0 spiro atoms. The molecule has 0 bridgehead atoms. The second kappa shape index (κ2) is 9.23. The first-order chi connectivity index (χ1) is 16.4. The van der Waals surface area contributed by atoms with E-state index in [9.17, 15) is 5.26 Å². The first-order valence-corrected chi connectivity index (χ1v) is 12.3. The second-order valence-corrected chi connectivity index (χ2v) is 10.1. The minimum absolute atomic E-state index is 0.0452. The van der Waals surface area contributed by atoms with Crippen LogP contribution < -0.4 is 24.7 Å². The van der Waals surface area contributed by atoms with Crippen LogP contribution in [0.5, 0.6) is 23.0 Å². The van der Waals surface area contributed by atoms with Gasteiger partial charge in [-0.2, -0.15) is 5.26 Å². The lowest BCUT2D eigenvalue weighted by Crippen LogP contribution is -2.21. The summed E-state index contributed by atoms with van der Waals surface area (Å²) in [5.41, 5.74) is 8.76. The number of ether oxygens (including phenoxy) is 4. The van der Waals surface area contributed by atoms with Crippen molar-refractivity contribution in [1.29, 1.82) is 5.26 Å². The van der Waals surface area contributed by atoms with Crippen molar-refractivity contribution in [3.63, 3.8) is 0 Å². The lowest BCUT2D eigenvalue weighted by molar-refractivity contribution is 0.174. The van der Waals surface area contributed by atoms with Gasteiger partial charge in [0.1, 0.15) is 29.7 Å². The zero-order valence-electron chi connectivity index (χ0n) is 17.2. The maximum absolute atomic E-state index is 9.87. The fraction of sp³-hybridized carbons (Fsp3) is 0.125. The van der Waals surface area contributed by atoms with Gasteiger partial charge in [-0.05, 0) is 67.8 Å². The molecule has 3 aromatic rings. The standard InChI is InChI=1S/C24H14Br2Cl2N2O4/c25-16-3-12(4-17(26)23(16)31-9-11-1-2-13(27)5-18(11)28)22-14-6-20-21(33-10-32-20)7-19(14)34-24(30)15(22)8-29/h1-7,22H,9-10,30H2/t22-/m0/s1. The van der Waals surface area contributed by atoms with Gasteiger partial charge >= 0.3 is 0 Å². The zero-order valence-corrected chi connectivity index (χ0v) is 21.9. The number of hydrogen-bond donors (Lipinski definition) is 1. The van der Waals surface area contributed by atoms with Crippen molar-refractivity contribution in [3.8, 4) is 29.1 Å². The molecule has 0 unspecified atom stereocenters. The Hall–Kier alpha value is -2.57. The normalized spacial score (nSPS) is 16.0. The molecule has 1 atom stereocenters. The molecule has 0 saturated carbocycles. The summed E-state index contributed by atoms with van der Waals surface area (Å²) in [6, 6.07) is 14.8. The van der Waals surface area contributed by atoms with Gasteiger partial charge in [-0.15, -0.1) is 0 Å². The third-order valence-corrected chi connectivity index (χ3v) is 7.22. The van der Waals surface area contributed by atoms with Gasteiger partial charge < -0.3 is 24.7 Å². The molecular weight excluding hydrogens is 611 g/mol. The van der Waals surface area contributed by atoms with Gasteiger partial charge in [-0.1, -0.05) is 29.3 Å². The highest BCUT2D eigenvalue weighted by Gasteiger charge is 2.34. The number of fused-ring (bicyclic) bond motifs is 2. The number of nitrogens with zero attached hydrogens (tertiary/aromatic N) is 1. The molecule has 6 nitrogen and oxygen atoms in total. The first kappa shape index (κ1) is 23.2. The summed E-state index contributed by atoms with van der Waals surface area (Å²) < 4.78 is 24.1. The van der Waals surface area contributed by atoms with Crippen LogP contribution in [0.25, 0.3) is 0 Å². The van der Waals surface area contributed by atoms with E-state index in [-0.39, 0.29) is 19.3 Å². The van der Waals surface area contributed by atoms with Gasteiger partial charge in [0.05, 0.1) is 14.9 Å². The Morgan fingerprint density at radius 3 is 2.41 bits per heavy atom. The third kappa shape index (κ3) is 4.18. The van der Waals surface area contributed by atoms with Crippen molar-refractivity contribution in [2.45, 2.75) is 12.5 Å². The van der Waals surface area contributed by atoms with Crippen LogP contribution in [0.1, 0.15) is 22.6 Å². The second-order valence-electron chi connectivity index (χ2n) is 7.51. The quantitative estimate of drug-likeness (QED) is 0.335. The Morgan fingerprint density at radius 1 is 1.03 bits per heavy atom. The highest BCUT2D eigenvalue weighted by atomic mass is 79.9. The van der Waals surface area contributed by atoms with Gasteiger partial charge in [-0.25, -0.2) is 0 Å². The van der Waals surface area contributed by atoms with E-state index in [1.165, 1.54) is 0 Å². The minimum atomic E-state index is -0.476. The van der Waals surface area contributed by atoms with E-state index in [4.69, 9.17) is 47.9 Å². The van der Waals surface area contributed by atoms with E-state index in [1.807, 2.05) is 24.3 Å². The first-order valence-electron chi connectivity index (χ1n) is 9.92. The average Bonchev–Trinajstić information content (AvgIpc) is 3.24. The predicted octanol–water partition coefficient (Wildman–Crippen LogP) is 7.04. The molecule has 2 heterocycles. The van der Waals surface area contributed by atoms with Crippen LogP contribution in [-0.2, 0) is 6.61 Å². The maximum atomic E-state index is 9.87. The smallest absolute Gasteiger partial charge is 0.231 e. The van der Waals surface area contributed by atoms with Crippen LogP contribution in [-0.4, -0.2) is 6.79 Å². The molecule has 0 amide bonds. The van der Waals surface area contributed by atoms with Crippen LogP contribution >= 0.6 is 55.1 Å². The monoisotopic (exact) mass is 622 g/mol. The van der Waals surface area contributed by atoms with E-state index < -0.39 is 5.92 Å². The summed E-state index contributed by atoms with van der Waals surface area (Å²) in [6.45, 7) is 0.365. The molecule has 0 aromatic heterocycles. The molecule has 10 heteroatoms. The van der Waals surface area contributed by atoms with Crippen LogP contribution in [0.2, 0.25) is 10.0 Å². The van der Waals surface area contributed by atoms with Crippen molar-refractivity contribution in [2.75, 3.05) is 6.79 Å². The SMILES string of the molecule is N#CC1=C(N)Oc2cc3c(cc2[C@@H]1c1cc(Br)c(OCc2ccc(Cl)cc2Cl)c(Br)c1)OCO3. The number of allylic oxidation sites excluding steroid dienone is 1. The Bertz CT molecular complexity index is 1380. The van der Waals surface area contributed by atoms with E-state index in [0.29, 0.717) is 47.6 Å². The number of halogens is 4. The molecule has 2 aliphatic rings. The lowest BCUT2D eigenvalue weighted by Gasteiger charge is -2.27. The molecule has 172 valence electrons. The van der Waals surface area contributed by atoms with Gasteiger partial charge in [-0.3, -0.25) is 0 Å². The highest BCUT2D eigenvalue weighted by Crippen LogP contribution is 2.49. The fourth-order valence-electron chi connectivity index (χ4n) is 3.86. The van der Waals surface area contributed by atoms with Crippen LogP contribution in [0.3, 0.4) is 0 Å². The molecule has 5 rings (SSSR count). The molecule has 0 fully saturated rings. The molecule has 2 aliphatic heterocycles. The number of nitriles is 1. The van der Waals surface area contributed by atoms with Crippen molar-refractivity contribution in [2.24, 2.45) is 5.73 Å². The van der Waals surface area contributed by atoms with E-state index >= 15 is 0 Å². The third-order valence-electron chi connectivity index (χ3n) is 5.45. The molecule has 0 radical (unpaired) electrons. The number of nitrogens with two attached hydrogens (primary N) is 1. The Kier molecular flexibility index (Phi) is 6.30. The van der Waals surface area contributed by atoms with Crippen LogP contribution in [0.15, 0.2) is 62.9 Å².